The van der Waals surface area contributed by atoms with Crippen LogP contribution in [-0.4, -0.2) is 20.4 Å². The molecule has 0 aliphatic carbocycles. The summed E-state index contributed by atoms with van der Waals surface area (Å²) < 4.78 is 16.7. The molecule has 3 aromatic carbocycles. The highest BCUT2D eigenvalue weighted by Crippen LogP contribution is 2.36. The van der Waals surface area contributed by atoms with Gasteiger partial charge in [0.2, 0.25) is 0 Å². The van der Waals surface area contributed by atoms with E-state index in [1.807, 2.05) is 54.6 Å². The fourth-order valence-corrected chi connectivity index (χ4v) is 3.19. The topological polar surface area (TPSA) is 52.1 Å². The van der Waals surface area contributed by atoms with Gasteiger partial charge in [-0.15, -0.1) is 0 Å². The molecule has 0 radical (unpaired) electrons. The van der Waals surface area contributed by atoms with Crippen molar-refractivity contribution in [2.45, 2.75) is 13.2 Å². The van der Waals surface area contributed by atoms with Gasteiger partial charge in [-0.05, 0) is 41.5 Å². The van der Waals surface area contributed by atoms with E-state index < -0.39 is 0 Å². The number of nitrogens with one attached hydrogen (secondary N) is 1. The van der Waals surface area contributed by atoms with E-state index in [0.717, 1.165) is 22.4 Å². The number of benzene rings is 3. The molecule has 0 unspecified atom stereocenters. The van der Waals surface area contributed by atoms with Gasteiger partial charge in [-0.25, -0.2) is 0 Å². The van der Waals surface area contributed by atoms with E-state index in [9.17, 15) is 0 Å². The van der Waals surface area contributed by atoms with Gasteiger partial charge in [-0.2, -0.15) is 5.10 Å². The molecule has 0 fully saturated rings. The Hall–Kier alpha value is -2.89. The van der Waals surface area contributed by atoms with Crippen LogP contribution in [0.5, 0.6) is 17.2 Å². The number of hydrogen-bond acceptors (Lipinski definition) is 5. The van der Waals surface area contributed by atoms with Crippen LogP contribution in [0, 0.1) is 0 Å². The summed E-state index contributed by atoms with van der Waals surface area (Å²) >= 11 is 12.3. The summed E-state index contributed by atoms with van der Waals surface area (Å²) in [5.41, 5.74) is 5.78. The molecule has 7 heteroatoms. The highest BCUT2D eigenvalue weighted by Gasteiger charge is 2.12. The molecule has 0 aliphatic rings. The summed E-state index contributed by atoms with van der Waals surface area (Å²) in [6, 6.07) is 18.8. The molecule has 0 heterocycles. The van der Waals surface area contributed by atoms with E-state index in [-0.39, 0.29) is 0 Å². The van der Waals surface area contributed by atoms with Crippen molar-refractivity contribution < 1.29 is 14.2 Å². The van der Waals surface area contributed by atoms with Crippen LogP contribution in [0.4, 0.5) is 0 Å². The maximum absolute atomic E-state index is 6.43. The van der Waals surface area contributed by atoms with E-state index in [0.29, 0.717) is 34.7 Å². The molecule has 0 saturated heterocycles. The number of methoxy groups -OCH3 is 2. The van der Waals surface area contributed by atoms with Crippen LogP contribution in [0.15, 0.2) is 65.8 Å². The summed E-state index contributed by atoms with van der Waals surface area (Å²) in [6.07, 6.45) is 1.67. The number of para-hydroxylation sites is 1. The lowest BCUT2D eigenvalue weighted by atomic mass is 10.2. The Morgan fingerprint density at radius 1 is 0.933 bits per heavy atom. The number of rotatable bonds is 9. The van der Waals surface area contributed by atoms with E-state index in [1.165, 1.54) is 0 Å². The standard InChI is InChI=1S/C23H22Cl2N2O3/c1-28-21-6-4-3-5-18(21)14-27-26-13-17-11-20(25)23(22(12-17)29-2)30-15-16-7-9-19(24)10-8-16/h3-13,27H,14-15H2,1-2H3/b26-13+. The van der Waals surface area contributed by atoms with Crippen LogP contribution in [0.3, 0.4) is 0 Å². The van der Waals surface area contributed by atoms with Crippen molar-refractivity contribution in [2.24, 2.45) is 5.10 Å². The zero-order chi connectivity index (χ0) is 21.3. The lowest BCUT2D eigenvalue weighted by molar-refractivity contribution is 0.284. The summed E-state index contributed by atoms with van der Waals surface area (Å²) in [5, 5.41) is 5.38. The SMILES string of the molecule is COc1ccccc1CN/N=C/c1cc(Cl)c(OCc2ccc(Cl)cc2)c(OC)c1. The van der Waals surface area contributed by atoms with Crippen molar-refractivity contribution in [1.82, 2.24) is 5.43 Å². The average Bonchev–Trinajstić information content (AvgIpc) is 2.77. The highest BCUT2D eigenvalue weighted by molar-refractivity contribution is 6.32. The highest BCUT2D eigenvalue weighted by atomic mass is 35.5. The molecule has 0 aliphatic heterocycles. The van der Waals surface area contributed by atoms with Crippen molar-refractivity contribution >= 4 is 29.4 Å². The maximum Gasteiger partial charge on any atom is 0.180 e. The van der Waals surface area contributed by atoms with Crippen LogP contribution in [0.25, 0.3) is 0 Å². The smallest absolute Gasteiger partial charge is 0.180 e. The minimum absolute atomic E-state index is 0.348. The lowest BCUT2D eigenvalue weighted by Crippen LogP contribution is -2.07. The fraction of sp³-hybridized carbons (Fsp3) is 0.174. The van der Waals surface area contributed by atoms with Crippen molar-refractivity contribution in [1.29, 1.82) is 0 Å². The zero-order valence-electron chi connectivity index (χ0n) is 16.7. The van der Waals surface area contributed by atoms with Gasteiger partial charge in [0.05, 0.1) is 32.0 Å². The van der Waals surface area contributed by atoms with Crippen LogP contribution in [0.1, 0.15) is 16.7 Å². The molecular weight excluding hydrogens is 423 g/mol. The third kappa shape index (κ3) is 5.81. The first-order valence-electron chi connectivity index (χ1n) is 9.23. The number of halogens is 2. The van der Waals surface area contributed by atoms with Crippen LogP contribution >= 0.6 is 23.2 Å². The maximum atomic E-state index is 6.43. The Morgan fingerprint density at radius 2 is 1.67 bits per heavy atom. The largest absolute Gasteiger partial charge is 0.496 e. The van der Waals surface area contributed by atoms with Crippen LogP contribution in [-0.2, 0) is 13.2 Å². The van der Waals surface area contributed by atoms with Gasteiger partial charge in [0.1, 0.15) is 12.4 Å². The van der Waals surface area contributed by atoms with Crippen molar-refractivity contribution in [3.63, 3.8) is 0 Å². The quantitative estimate of drug-likeness (QED) is 0.339. The second-order valence-corrected chi connectivity index (χ2v) is 7.20. The second kappa shape index (κ2) is 10.8. The Morgan fingerprint density at radius 3 is 2.40 bits per heavy atom. The molecule has 0 bridgehead atoms. The lowest BCUT2D eigenvalue weighted by Gasteiger charge is -2.13. The number of hydrazone groups is 1. The molecule has 0 saturated carbocycles. The Bertz CT molecular complexity index is 1010. The fourth-order valence-electron chi connectivity index (χ4n) is 2.79. The Labute approximate surface area is 186 Å². The Balaban J connectivity index is 1.65. The summed E-state index contributed by atoms with van der Waals surface area (Å²) in [5.74, 6) is 1.82. The molecule has 0 atom stereocenters. The van der Waals surface area contributed by atoms with Gasteiger partial charge >= 0.3 is 0 Å². The number of nitrogens with zero attached hydrogens (tertiary/aromatic N) is 1. The molecule has 0 amide bonds. The normalized spacial score (nSPS) is 10.8. The average molecular weight is 445 g/mol. The first-order chi connectivity index (χ1) is 14.6. The number of hydrogen-bond donors (Lipinski definition) is 1. The molecule has 0 aromatic heterocycles. The van der Waals surface area contributed by atoms with Gasteiger partial charge in [0.15, 0.2) is 11.5 Å². The summed E-state index contributed by atoms with van der Waals surface area (Å²) in [6.45, 7) is 0.884. The van der Waals surface area contributed by atoms with Crippen LogP contribution < -0.4 is 19.6 Å². The van der Waals surface area contributed by atoms with Gasteiger partial charge in [0.25, 0.3) is 0 Å². The molecule has 0 spiro atoms. The first-order valence-corrected chi connectivity index (χ1v) is 9.99. The van der Waals surface area contributed by atoms with Gasteiger partial charge in [-0.1, -0.05) is 53.5 Å². The molecule has 30 heavy (non-hydrogen) atoms. The molecular formula is C23H22Cl2N2O3. The van der Waals surface area contributed by atoms with E-state index in [4.69, 9.17) is 37.4 Å². The minimum atomic E-state index is 0.348. The monoisotopic (exact) mass is 444 g/mol. The van der Waals surface area contributed by atoms with Crippen molar-refractivity contribution in [2.75, 3.05) is 14.2 Å². The molecule has 1 N–H and O–H groups in total. The number of ether oxygens (including phenoxy) is 3. The van der Waals surface area contributed by atoms with Crippen molar-refractivity contribution in [3.8, 4) is 17.2 Å². The van der Waals surface area contributed by atoms with E-state index in [1.54, 1.807) is 26.5 Å². The predicted octanol–water partition coefficient (Wildman–Crippen LogP) is 5.71. The van der Waals surface area contributed by atoms with Gasteiger partial charge in [0, 0.05) is 10.6 Å². The molecule has 3 aromatic rings. The second-order valence-electron chi connectivity index (χ2n) is 6.35. The minimum Gasteiger partial charge on any atom is -0.496 e. The van der Waals surface area contributed by atoms with E-state index in [2.05, 4.69) is 10.5 Å². The Kier molecular flexibility index (Phi) is 7.82. The van der Waals surface area contributed by atoms with Gasteiger partial charge < -0.3 is 19.6 Å². The van der Waals surface area contributed by atoms with Crippen LogP contribution in [0.2, 0.25) is 10.0 Å². The zero-order valence-corrected chi connectivity index (χ0v) is 18.2. The molecule has 5 nitrogen and oxygen atoms in total. The van der Waals surface area contributed by atoms with Gasteiger partial charge in [-0.3, -0.25) is 0 Å². The third-order valence-corrected chi connectivity index (χ3v) is 4.85. The third-order valence-electron chi connectivity index (χ3n) is 4.32. The first kappa shape index (κ1) is 21.8. The predicted molar refractivity (Wildman–Crippen MR) is 121 cm³/mol. The summed E-state index contributed by atoms with van der Waals surface area (Å²) in [7, 11) is 3.22. The van der Waals surface area contributed by atoms with E-state index >= 15 is 0 Å². The van der Waals surface area contributed by atoms with Crippen molar-refractivity contribution in [3.05, 3.63) is 87.4 Å². The molecule has 3 rings (SSSR count). The summed E-state index contributed by atoms with van der Waals surface area (Å²) in [4.78, 5) is 0. The molecule has 156 valence electrons.